The van der Waals surface area contributed by atoms with E-state index in [4.69, 9.17) is 4.74 Å². The molecule has 0 fully saturated rings. The van der Waals surface area contributed by atoms with Crippen LogP contribution in [0.1, 0.15) is 42.3 Å². The first-order chi connectivity index (χ1) is 14.9. The molecule has 1 aliphatic heterocycles. The van der Waals surface area contributed by atoms with Gasteiger partial charge in [0, 0.05) is 17.5 Å². The summed E-state index contributed by atoms with van der Waals surface area (Å²) in [6, 6.07) is 13.0. The van der Waals surface area contributed by atoms with Crippen molar-refractivity contribution in [3.8, 4) is 5.75 Å². The van der Waals surface area contributed by atoms with Gasteiger partial charge in [0.2, 0.25) is 5.91 Å². The summed E-state index contributed by atoms with van der Waals surface area (Å²) in [5, 5.41) is 2.64. The van der Waals surface area contributed by atoms with Crippen molar-refractivity contribution in [2.75, 3.05) is 19.0 Å². The Morgan fingerprint density at radius 1 is 1.00 bits per heavy atom. The molecule has 2 N–H and O–H groups in total. The number of aromatic amines is 1. The van der Waals surface area contributed by atoms with E-state index in [-0.39, 0.29) is 22.6 Å². The van der Waals surface area contributed by atoms with Crippen molar-refractivity contribution in [3.63, 3.8) is 0 Å². The predicted octanol–water partition coefficient (Wildman–Crippen LogP) is 2.80. The number of H-pyrrole nitrogens is 1. The van der Waals surface area contributed by atoms with Gasteiger partial charge in [0.1, 0.15) is 12.3 Å². The SMILES string of the molecule is COc1ccc(C(=O)c2c(NC(=O)CN3C(=O)c4ccccc4C3=O)c[nH]c2C)cc1. The number of ether oxygens (including phenoxy) is 1. The number of amides is 3. The summed E-state index contributed by atoms with van der Waals surface area (Å²) < 4.78 is 5.11. The molecule has 0 atom stereocenters. The van der Waals surface area contributed by atoms with Crippen LogP contribution in [0.4, 0.5) is 5.69 Å². The number of rotatable bonds is 6. The van der Waals surface area contributed by atoms with E-state index in [9.17, 15) is 19.2 Å². The second-order valence-electron chi connectivity index (χ2n) is 7.05. The fourth-order valence-corrected chi connectivity index (χ4v) is 3.52. The number of hydrogen-bond donors (Lipinski definition) is 2. The standard InChI is InChI=1S/C23H19N3O5/c1-13-20(21(28)14-7-9-15(31-2)10-8-14)18(11-24-13)25-19(27)12-26-22(29)16-5-3-4-6-17(16)23(26)30/h3-11,24H,12H2,1-2H3,(H,25,27). The van der Waals surface area contributed by atoms with E-state index in [2.05, 4.69) is 10.3 Å². The van der Waals surface area contributed by atoms with Crippen LogP contribution in [-0.2, 0) is 4.79 Å². The maximum Gasteiger partial charge on any atom is 0.262 e. The first-order valence-corrected chi connectivity index (χ1v) is 9.52. The Kier molecular flexibility index (Phi) is 5.12. The van der Waals surface area contributed by atoms with Gasteiger partial charge in [-0.05, 0) is 43.3 Å². The number of carbonyl (C=O) groups is 4. The highest BCUT2D eigenvalue weighted by Gasteiger charge is 2.36. The molecule has 156 valence electrons. The molecule has 3 amide bonds. The number of ketones is 1. The minimum absolute atomic E-state index is 0.271. The van der Waals surface area contributed by atoms with Gasteiger partial charge in [-0.25, -0.2) is 0 Å². The van der Waals surface area contributed by atoms with Crippen molar-refractivity contribution in [1.29, 1.82) is 0 Å². The van der Waals surface area contributed by atoms with Crippen LogP contribution in [0.5, 0.6) is 5.75 Å². The van der Waals surface area contributed by atoms with Crippen molar-refractivity contribution in [1.82, 2.24) is 9.88 Å². The van der Waals surface area contributed by atoms with Crippen LogP contribution in [0.15, 0.2) is 54.7 Å². The zero-order valence-corrected chi connectivity index (χ0v) is 16.9. The highest BCUT2D eigenvalue weighted by Crippen LogP contribution is 2.25. The molecule has 8 heteroatoms. The zero-order valence-electron chi connectivity index (χ0n) is 16.9. The molecule has 2 heterocycles. The Morgan fingerprint density at radius 2 is 1.61 bits per heavy atom. The number of nitrogens with one attached hydrogen (secondary N) is 2. The van der Waals surface area contributed by atoms with Crippen molar-refractivity contribution in [2.24, 2.45) is 0 Å². The summed E-state index contributed by atoms with van der Waals surface area (Å²) in [4.78, 5) is 54.4. The van der Waals surface area contributed by atoms with Crippen molar-refractivity contribution < 1.29 is 23.9 Å². The lowest BCUT2D eigenvalue weighted by molar-refractivity contribution is -0.116. The number of hydrogen-bond acceptors (Lipinski definition) is 5. The van der Waals surface area contributed by atoms with Crippen LogP contribution in [0, 0.1) is 6.92 Å². The van der Waals surface area contributed by atoms with E-state index >= 15 is 0 Å². The molecule has 0 unspecified atom stereocenters. The van der Waals surface area contributed by atoms with E-state index in [1.165, 1.54) is 13.3 Å². The van der Waals surface area contributed by atoms with Crippen molar-refractivity contribution in [2.45, 2.75) is 6.92 Å². The molecule has 0 bridgehead atoms. The van der Waals surface area contributed by atoms with E-state index in [0.29, 0.717) is 22.6 Å². The Balaban J connectivity index is 1.52. The minimum Gasteiger partial charge on any atom is -0.497 e. The molecule has 0 saturated heterocycles. The monoisotopic (exact) mass is 417 g/mol. The molecular weight excluding hydrogens is 398 g/mol. The van der Waals surface area contributed by atoms with Crippen LogP contribution in [-0.4, -0.2) is 47.0 Å². The number of imide groups is 1. The molecule has 31 heavy (non-hydrogen) atoms. The molecule has 1 aromatic heterocycles. The van der Waals surface area contributed by atoms with Crippen molar-refractivity contribution in [3.05, 3.63) is 82.7 Å². The first-order valence-electron chi connectivity index (χ1n) is 9.52. The normalized spacial score (nSPS) is 12.6. The van der Waals surface area contributed by atoms with Gasteiger partial charge in [-0.3, -0.25) is 24.1 Å². The van der Waals surface area contributed by atoms with E-state index < -0.39 is 24.3 Å². The van der Waals surface area contributed by atoms with Gasteiger partial charge in [-0.2, -0.15) is 0 Å². The van der Waals surface area contributed by atoms with Gasteiger partial charge >= 0.3 is 0 Å². The molecule has 0 aliphatic carbocycles. The number of methoxy groups -OCH3 is 1. The molecule has 4 rings (SSSR count). The van der Waals surface area contributed by atoms with Gasteiger partial charge in [0.15, 0.2) is 5.78 Å². The highest BCUT2D eigenvalue weighted by molar-refractivity contribution is 6.23. The van der Waals surface area contributed by atoms with Crippen LogP contribution >= 0.6 is 0 Å². The van der Waals surface area contributed by atoms with Crippen LogP contribution < -0.4 is 10.1 Å². The van der Waals surface area contributed by atoms with Crippen LogP contribution in [0.2, 0.25) is 0 Å². The number of nitrogens with zero attached hydrogens (tertiary/aromatic N) is 1. The summed E-state index contributed by atoms with van der Waals surface area (Å²) in [6.07, 6.45) is 1.51. The van der Waals surface area contributed by atoms with Gasteiger partial charge in [-0.15, -0.1) is 0 Å². The van der Waals surface area contributed by atoms with E-state index in [1.807, 2.05) is 0 Å². The van der Waals surface area contributed by atoms with Crippen LogP contribution in [0.25, 0.3) is 0 Å². The molecule has 2 aromatic carbocycles. The van der Waals surface area contributed by atoms with Crippen molar-refractivity contribution >= 4 is 29.2 Å². The lowest BCUT2D eigenvalue weighted by Crippen LogP contribution is -2.37. The number of fused-ring (bicyclic) bond motifs is 1. The molecule has 8 nitrogen and oxygen atoms in total. The Hall–Kier alpha value is -4.20. The third kappa shape index (κ3) is 3.59. The quantitative estimate of drug-likeness (QED) is 0.474. The second kappa shape index (κ2) is 7.91. The average molecular weight is 417 g/mol. The molecule has 1 aliphatic rings. The molecular formula is C23H19N3O5. The van der Waals surface area contributed by atoms with Gasteiger partial charge in [0.05, 0.1) is 29.5 Å². The maximum absolute atomic E-state index is 13.0. The van der Waals surface area contributed by atoms with E-state index in [0.717, 1.165) is 4.90 Å². The summed E-state index contributed by atoms with van der Waals surface area (Å²) in [7, 11) is 1.54. The lowest BCUT2D eigenvalue weighted by atomic mass is 10.0. The lowest BCUT2D eigenvalue weighted by Gasteiger charge is -2.14. The second-order valence-corrected chi connectivity index (χ2v) is 7.05. The Labute approximate surface area is 177 Å². The van der Waals surface area contributed by atoms with Gasteiger partial charge in [-0.1, -0.05) is 12.1 Å². The third-order valence-electron chi connectivity index (χ3n) is 5.11. The Morgan fingerprint density at radius 3 is 2.19 bits per heavy atom. The first kappa shape index (κ1) is 20.1. The smallest absolute Gasteiger partial charge is 0.262 e. The molecule has 0 saturated carbocycles. The molecule has 0 radical (unpaired) electrons. The highest BCUT2D eigenvalue weighted by atomic mass is 16.5. The number of carbonyl (C=O) groups excluding carboxylic acids is 4. The minimum atomic E-state index is -0.586. The number of anilines is 1. The third-order valence-corrected chi connectivity index (χ3v) is 5.11. The zero-order chi connectivity index (χ0) is 22.1. The fraction of sp³-hybridized carbons (Fsp3) is 0.130. The van der Waals surface area contributed by atoms with Crippen LogP contribution in [0.3, 0.4) is 0 Å². The van der Waals surface area contributed by atoms with E-state index in [1.54, 1.807) is 55.5 Å². The summed E-state index contributed by atoms with van der Waals surface area (Å²) in [5.74, 6) is -1.28. The van der Waals surface area contributed by atoms with Gasteiger partial charge < -0.3 is 15.0 Å². The average Bonchev–Trinajstić information content (AvgIpc) is 3.26. The number of aryl methyl sites for hydroxylation is 1. The molecule has 3 aromatic rings. The maximum atomic E-state index is 13.0. The fourth-order valence-electron chi connectivity index (χ4n) is 3.52. The number of aromatic nitrogens is 1. The Bertz CT molecular complexity index is 1180. The molecule has 0 spiro atoms. The summed E-state index contributed by atoms with van der Waals surface area (Å²) in [5.41, 5.74) is 2.14. The van der Waals surface area contributed by atoms with Gasteiger partial charge in [0.25, 0.3) is 11.8 Å². The summed E-state index contributed by atoms with van der Waals surface area (Å²) in [6.45, 7) is 1.27. The number of benzene rings is 2. The largest absolute Gasteiger partial charge is 0.497 e. The predicted molar refractivity (Wildman–Crippen MR) is 112 cm³/mol. The summed E-state index contributed by atoms with van der Waals surface area (Å²) >= 11 is 0. The topological polar surface area (TPSA) is 109 Å².